The molecule has 2 rings (SSSR count). The van der Waals surface area contributed by atoms with Gasteiger partial charge in [-0.05, 0) is 38.0 Å². The lowest BCUT2D eigenvalue weighted by molar-refractivity contribution is 0.344. The number of allylic oxidation sites excluding steroid dienone is 2. The van der Waals surface area contributed by atoms with E-state index in [1.165, 1.54) is 11.3 Å². The molecule has 0 spiro atoms. The van der Waals surface area contributed by atoms with Crippen molar-refractivity contribution in [2.45, 2.75) is 26.8 Å². The quantitative estimate of drug-likeness (QED) is 0.752. The van der Waals surface area contributed by atoms with Crippen molar-refractivity contribution < 1.29 is 0 Å². The van der Waals surface area contributed by atoms with Crippen LogP contribution in [0.4, 0.5) is 0 Å². The van der Waals surface area contributed by atoms with Crippen molar-refractivity contribution >= 4 is 0 Å². The number of pyridine rings is 1. The molecule has 2 heteroatoms. The molecule has 1 aliphatic rings. The molecule has 16 heavy (non-hydrogen) atoms. The molecule has 0 atom stereocenters. The first kappa shape index (κ1) is 10.9. The average Bonchev–Trinajstić information content (AvgIpc) is 2.33. The van der Waals surface area contributed by atoms with E-state index in [2.05, 4.69) is 47.2 Å². The van der Waals surface area contributed by atoms with Crippen LogP contribution in [0, 0.1) is 6.92 Å². The highest BCUT2D eigenvalue weighted by Gasteiger charge is 2.10. The highest BCUT2D eigenvalue weighted by atomic mass is 15.1. The van der Waals surface area contributed by atoms with Gasteiger partial charge in [-0.3, -0.25) is 4.98 Å². The lowest BCUT2D eigenvalue weighted by atomic mass is 10.1. The van der Waals surface area contributed by atoms with Crippen LogP contribution in [0.1, 0.15) is 24.6 Å². The molecule has 1 aromatic heterocycles. The molecule has 0 fully saturated rings. The van der Waals surface area contributed by atoms with E-state index in [-0.39, 0.29) is 0 Å². The van der Waals surface area contributed by atoms with E-state index in [4.69, 9.17) is 0 Å². The monoisotopic (exact) mass is 214 g/mol. The van der Waals surface area contributed by atoms with Crippen LogP contribution in [0.2, 0.25) is 0 Å². The van der Waals surface area contributed by atoms with Crippen LogP contribution in [-0.4, -0.2) is 16.4 Å². The lowest BCUT2D eigenvalue weighted by Crippen LogP contribution is -2.25. The summed E-state index contributed by atoms with van der Waals surface area (Å²) in [5, 5.41) is 0. The van der Waals surface area contributed by atoms with Crippen molar-refractivity contribution in [3.05, 3.63) is 53.5 Å². The second-order valence-corrected chi connectivity index (χ2v) is 4.13. The zero-order valence-corrected chi connectivity index (χ0v) is 9.98. The molecular weight excluding hydrogens is 196 g/mol. The molecule has 84 valence electrons. The molecule has 1 aliphatic heterocycles. The summed E-state index contributed by atoms with van der Waals surface area (Å²) < 4.78 is 0. The molecule has 2 nitrogen and oxygen atoms in total. The maximum Gasteiger partial charge on any atom is 0.0444 e. The minimum absolute atomic E-state index is 0.956. The predicted octanol–water partition coefficient (Wildman–Crippen LogP) is 3.06. The molecule has 2 heterocycles. The Morgan fingerprint density at radius 1 is 1.44 bits per heavy atom. The number of rotatable bonds is 2. The maximum atomic E-state index is 4.33. The first-order valence-electron chi connectivity index (χ1n) is 5.79. The van der Waals surface area contributed by atoms with Crippen LogP contribution in [-0.2, 0) is 6.54 Å². The predicted molar refractivity (Wildman–Crippen MR) is 66.9 cm³/mol. The fourth-order valence-corrected chi connectivity index (χ4v) is 1.93. The Hall–Kier alpha value is -1.57. The molecule has 0 radical (unpaired) electrons. The molecule has 0 amide bonds. The molecule has 1 aromatic rings. The van der Waals surface area contributed by atoms with Crippen LogP contribution in [0.15, 0.2) is 42.3 Å². The Kier molecular flexibility index (Phi) is 3.40. The molecule has 0 saturated heterocycles. The second-order valence-electron chi connectivity index (χ2n) is 4.13. The van der Waals surface area contributed by atoms with Gasteiger partial charge in [-0.2, -0.15) is 0 Å². The number of aryl methyl sites for hydroxylation is 1. The van der Waals surface area contributed by atoms with Gasteiger partial charge in [0.25, 0.3) is 0 Å². The third-order valence-corrected chi connectivity index (χ3v) is 2.86. The Balaban J connectivity index is 2.09. The van der Waals surface area contributed by atoms with Gasteiger partial charge in [0.2, 0.25) is 0 Å². The Morgan fingerprint density at radius 2 is 2.31 bits per heavy atom. The van der Waals surface area contributed by atoms with Crippen molar-refractivity contribution in [3.8, 4) is 0 Å². The summed E-state index contributed by atoms with van der Waals surface area (Å²) in [6.45, 7) is 6.16. The van der Waals surface area contributed by atoms with Crippen LogP contribution < -0.4 is 0 Å². The van der Waals surface area contributed by atoms with E-state index in [0.717, 1.165) is 25.2 Å². The summed E-state index contributed by atoms with van der Waals surface area (Å²) in [4.78, 5) is 6.73. The molecule has 0 unspecified atom stereocenters. The third-order valence-electron chi connectivity index (χ3n) is 2.86. The van der Waals surface area contributed by atoms with Gasteiger partial charge < -0.3 is 4.90 Å². The van der Waals surface area contributed by atoms with E-state index < -0.39 is 0 Å². The van der Waals surface area contributed by atoms with E-state index in [1.54, 1.807) is 0 Å². The molecular formula is C14H18N2. The van der Waals surface area contributed by atoms with E-state index >= 15 is 0 Å². The van der Waals surface area contributed by atoms with Crippen molar-refractivity contribution in [1.82, 2.24) is 9.88 Å². The van der Waals surface area contributed by atoms with Crippen LogP contribution in [0.25, 0.3) is 0 Å². The van der Waals surface area contributed by atoms with Gasteiger partial charge in [0.1, 0.15) is 0 Å². The van der Waals surface area contributed by atoms with E-state index in [0.29, 0.717) is 0 Å². The summed E-state index contributed by atoms with van der Waals surface area (Å²) in [6.07, 6.45) is 9.71. The lowest BCUT2D eigenvalue weighted by Gasteiger charge is -2.28. The topological polar surface area (TPSA) is 16.1 Å². The standard InChI is InChI=1S/C14H18N2/c1-3-14-6-4-5-9-16(14)11-13-8-7-12(2)15-10-13/h3-4,6-8,10H,5,9,11H2,1-2H3/b14-3+. The van der Waals surface area contributed by atoms with Gasteiger partial charge in [0.05, 0.1) is 0 Å². The van der Waals surface area contributed by atoms with Gasteiger partial charge in [-0.15, -0.1) is 0 Å². The normalized spacial score (nSPS) is 18.1. The minimum atomic E-state index is 0.956. The Bertz CT molecular complexity index is 401. The second kappa shape index (κ2) is 4.97. The summed E-state index contributed by atoms with van der Waals surface area (Å²) in [5.41, 5.74) is 3.67. The first-order valence-corrected chi connectivity index (χ1v) is 5.79. The number of aromatic nitrogens is 1. The Morgan fingerprint density at radius 3 is 3.00 bits per heavy atom. The summed E-state index contributed by atoms with van der Waals surface area (Å²) in [7, 11) is 0. The number of nitrogens with zero attached hydrogens (tertiary/aromatic N) is 2. The van der Waals surface area contributed by atoms with Crippen molar-refractivity contribution in [2.24, 2.45) is 0 Å². The van der Waals surface area contributed by atoms with E-state index in [9.17, 15) is 0 Å². The number of hydrogen-bond acceptors (Lipinski definition) is 2. The zero-order chi connectivity index (χ0) is 11.4. The average molecular weight is 214 g/mol. The summed E-state index contributed by atoms with van der Waals surface area (Å²) in [5.74, 6) is 0. The van der Waals surface area contributed by atoms with Gasteiger partial charge in [-0.25, -0.2) is 0 Å². The molecule has 0 aliphatic carbocycles. The fraction of sp³-hybridized carbons (Fsp3) is 0.357. The smallest absolute Gasteiger partial charge is 0.0444 e. The fourth-order valence-electron chi connectivity index (χ4n) is 1.93. The highest BCUT2D eigenvalue weighted by Crippen LogP contribution is 2.16. The summed E-state index contributed by atoms with van der Waals surface area (Å²) in [6, 6.07) is 4.23. The first-order chi connectivity index (χ1) is 7.79. The van der Waals surface area contributed by atoms with Crippen LogP contribution in [0.3, 0.4) is 0 Å². The summed E-state index contributed by atoms with van der Waals surface area (Å²) >= 11 is 0. The minimum Gasteiger partial charge on any atom is -0.367 e. The van der Waals surface area contributed by atoms with Gasteiger partial charge in [0, 0.05) is 30.7 Å². The molecule has 0 bridgehead atoms. The van der Waals surface area contributed by atoms with Gasteiger partial charge >= 0.3 is 0 Å². The van der Waals surface area contributed by atoms with Crippen LogP contribution in [0.5, 0.6) is 0 Å². The Labute approximate surface area is 97.3 Å². The molecule has 0 N–H and O–H groups in total. The molecule has 0 saturated carbocycles. The number of hydrogen-bond donors (Lipinski definition) is 0. The highest BCUT2D eigenvalue weighted by molar-refractivity contribution is 5.22. The largest absolute Gasteiger partial charge is 0.367 e. The molecule has 0 aromatic carbocycles. The van der Waals surface area contributed by atoms with E-state index in [1.807, 2.05) is 13.1 Å². The van der Waals surface area contributed by atoms with Crippen molar-refractivity contribution in [3.63, 3.8) is 0 Å². The SMILES string of the molecule is C/C=C1\C=CCCN1Cc1ccc(C)nc1. The van der Waals surface area contributed by atoms with Crippen molar-refractivity contribution in [1.29, 1.82) is 0 Å². The maximum absolute atomic E-state index is 4.33. The van der Waals surface area contributed by atoms with Crippen molar-refractivity contribution in [2.75, 3.05) is 6.54 Å². The van der Waals surface area contributed by atoms with Gasteiger partial charge in [-0.1, -0.05) is 18.2 Å². The van der Waals surface area contributed by atoms with Gasteiger partial charge in [0.15, 0.2) is 0 Å². The zero-order valence-electron chi connectivity index (χ0n) is 9.98. The third kappa shape index (κ3) is 2.51. The van der Waals surface area contributed by atoms with Crippen LogP contribution >= 0.6 is 0 Å².